The van der Waals surface area contributed by atoms with Gasteiger partial charge in [0.05, 0.1) is 22.4 Å². The Morgan fingerprint density at radius 1 is 1.27 bits per heavy atom. The molecule has 2 rings (SSSR count). The molecule has 0 aliphatic carbocycles. The highest BCUT2D eigenvalue weighted by molar-refractivity contribution is 7.99. The Morgan fingerprint density at radius 3 is 2.64 bits per heavy atom. The average molecular weight is 335 g/mol. The number of benzene rings is 2. The molecule has 0 fully saturated rings. The van der Waals surface area contributed by atoms with E-state index in [1.165, 1.54) is 30.0 Å². The summed E-state index contributed by atoms with van der Waals surface area (Å²) in [5, 5.41) is 11.3. The van der Waals surface area contributed by atoms with Crippen molar-refractivity contribution in [3.8, 4) is 6.07 Å². The number of nitrogens with one attached hydrogen (secondary N) is 1. The van der Waals surface area contributed by atoms with Crippen LogP contribution in [-0.2, 0) is 10.5 Å². The number of amides is 1. The van der Waals surface area contributed by atoms with E-state index in [1.807, 2.05) is 12.1 Å². The van der Waals surface area contributed by atoms with Gasteiger partial charge in [0.25, 0.3) is 0 Å². The zero-order valence-electron chi connectivity index (χ0n) is 11.5. The number of carbonyl (C=O) groups is 1. The van der Waals surface area contributed by atoms with Crippen LogP contribution in [0.4, 0.5) is 10.1 Å². The van der Waals surface area contributed by atoms with Crippen molar-refractivity contribution in [2.75, 3.05) is 11.1 Å². The highest BCUT2D eigenvalue weighted by atomic mass is 35.5. The third-order valence-electron chi connectivity index (χ3n) is 2.79. The van der Waals surface area contributed by atoms with Gasteiger partial charge in [0.15, 0.2) is 0 Å². The highest BCUT2D eigenvalue weighted by Gasteiger charge is 2.06. The predicted molar refractivity (Wildman–Crippen MR) is 87.4 cm³/mol. The van der Waals surface area contributed by atoms with Crippen LogP contribution in [0.15, 0.2) is 42.5 Å². The summed E-state index contributed by atoms with van der Waals surface area (Å²) in [6, 6.07) is 13.3. The topological polar surface area (TPSA) is 52.9 Å². The molecular weight excluding hydrogens is 323 g/mol. The SMILES string of the molecule is N#Cc1ccc(CSCC(=O)Nc2ccc(F)c(Cl)c2)cc1. The first kappa shape index (κ1) is 16.3. The van der Waals surface area contributed by atoms with E-state index >= 15 is 0 Å². The fourth-order valence-corrected chi connectivity index (χ4v) is 2.68. The lowest BCUT2D eigenvalue weighted by Gasteiger charge is -2.06. The number of hydrogen-bond acceptors (Lipinski definition) is 3. The van der Waals surface area contributed by atoms with Gasteiger partial charge in [-0.2, -0.15) is 5.26 Å². The molecule has 2 aromatic rings. The van der Waals surface area contributed by atoms with E-state index in [4.69, 9.17) is 16.9 Å². The minimum absolute atomic E-state index is 0.0250. The molecule has 1 amide bonds. The number of halogens is 2. The van der Waals surface area contributed by atoms with E-state index in [2.05, 4.69) is 11.4 Å². The van der Waals surface area contributed by atoms with Crippen LogP contribution in [0.5, 0.6) is 0 Å². The van der Waals surface area contributed by atoms with Crippen molar-refractivity contribution in [3.05, 3.63) is 64.4 Å². The van der Waals surface area contributed by atoms with E-state index in [0.29, 0.717) is 17.0 Å². The van der Waals surface area contributed by atoms with E-state index in [-0.39, 0.29) is 16.7 Å². The van der Waals surface area contributed by atoms with Crippen LogP contribution in [0.1, 0.15) is 11.1 Å². The molecule has 0 saturated heterocycles. The third kappa shape index (κ3) is 4.76. The summed E-state index contributed by atoms with van der Waals surface area (Å²) in [4.78, 5) is 11.8. The maximum absolute atomic E-state index is 13.0. The molecular formula is C16H12ClFN2OS. The summed E-state index contributed by atoms with van der Waals surface area (Å²) in [6.45, 7) is 0. The summed E-state index contributed by atoms with van der Waals surface area (Å²) < 4.78 is 13.0. The molecule has 0 spiro atoms. The molecule has 6 heteroatoms. The average Bonchev–Trinajstić information content (AvgIpc) is 2.51. The van der Waals surface area contributed by atoms with E-state index < -0.39 is 5.82 Å². The summed E-state index contributed by atoms with van der Waals surface area (Å²) in [7, 11) is 0. The van der Waals surface area contributed by atoms with Crippen LogP contribution in [0.3, 0.4) is 0 Å². The van der Waals surface area contributed by atoms with Crippen LogP contribution in [0.25, 0.3) is 0 Å². The van der Waals surface area contributed by atoms with Crippen LogP contribution in [0, 0.1) is 17.1 Å². The number of nitrogens with zero attached hydrogens (tertiary/aromatic N) is 1. The number of hydrogen-bond donors (Lipinski definition) is 1. The molecule has 0 aromatic heterocycles. The van der Waals surface area contributed by atoms with Gasteiger partial charge in [0.2, 0.25) is 5.91 Å². The standard InChI is InChI=1S/C16H12ClFN2OS/c17-14-7-13(5-6-15(14)18)20-16(21)10-22-9-12-3-1-11(8-19)2-4-12/h1-7H,9-10H2,(H,20,21). The van der Waals surface area contributed by atoms with Crippen molar-refractivity contribution in [2.24, 2.45) is 0 Å². The number of carbonyl (C=O) groups excluding carboxylic acids is 1. The van der Waals surface area contributed by atoms with Crippen LogP contribution < -0.4 is 5.32 Å². The zero-order chi connectivity index (χ0) is 15.9. The number of anilines is 1. The van der Waals surface area contributed by atoms with Crippen molar-refractivity contribution in [3.63, 3.8) is 0 Å². The third-order valence-corrected chi connectivity index (χ3v) is 4.08. The molecule has 2 aromatic carbocycles. The Kier molecular flexibility index (Phi) is 5.82. The lowest BCUT2D eigenvalue weighted by molar-refractivity contribution is -0.113. The second-order valence-electron chi connectivity index (χ2n) is 4.48. The monoisotopic (exact) mass is 334 g/mol. The van der Waals surface area contributed by atoms with Gasteiger partial charge in [-0.25, -0.2) is 4.39 Å². The molecule has 0 unspecified atom stereocenters. The number of nitriles is 1. The Bertz CT molecular complexity index is 713. The molecule has 1 N–H and O–H groups in total. The second-order valence-corrected chi connectivity index (χ2v) is 5.87. The van der Waals surface area contributed by atoms with Crippen molar-refractivity contribution in [1.82, 2.24) is 0 Å². The molecule has 22 heavy (non-hydrogen) atoms. The van der Waals surface area contributed by atoms with Crippen LogP contribution >= 0.6 is 23.4 Å². The van der Waals surface area contributed by atoms with Crippen molar-refractivity contribution in [1.29, 1.82) is 5.26 Å². The van der Waals surface area contributed by atoms with Gasteiger partial charge in [-0.15, -0.1) is 11.8 Å². The first-order valence-electron chi connectivity index (χ1n) is 6.40. The molecule has 3 nitrogen and oxygen atoms in total. The second kappa shape index (κ2) is 7.83. The first-order chi connectivity index (χ1) is 10.6. The maximum Gasteiger partial charge on any atom is 0.234 e. The zero-order valence-corrected chi connectivity index (χ0v) is 13.0. The Morgan fingerprint density at radius 2 is 2.00 bits per heavy atom. The van der Waals surface area contributed by atoms with E-state index in [1.54, 1.807) is 12.1 Å². The predicted octanol–water partition coefficient (Wildman–Crippen LogP) is 4.22. The van der Waals surface area contributed by atoms with Gasteiger partial charge in [-0.3, -0.25) is 4.79 Å². The molecule has 0 radical (unpaired) electrons. The fraction of sp³-hybridized carbons (Fsp3) is 0.125. The summed E-state index contributed by atoms with van der Waals surface area (Å²) in [5.41, 5.74) is 2.12. The summed E-state index contributed by atoms with van der Waals surface area (Å²) >= 11 is 7.10. The number of thioether (sulfide) groups is 1. The van der Waals surface area contributed by atoms with Gasteiger partial charge < -0.3 is 5.32 Å². The van der Waals surface area contributed by atoms with Crippen LogP contribution in [-0.4, -0.2) is 11.7 Å². The molecule has 0 atom stereocenters. The van der Waals surface area contributed by atoms with Gasteiger partial charge in [-0.1, -0.05) is 23.7 Å². The van der Waals surface area contributed by atoms with Crippen molar-refractivity contribution in [2.45, 2.75) is 5.75 Å². The lowest BCUT2D eigenvalue weighted by atomic mass is 10.2. The Balaban J connectivity index is 1.80. The highest BCUT2D eigenvalue weighted by Crippen LogP contribution is 2.20. The number of rotatable bonds is 5. The molecule has 0 aliphatic heterocycles. The molecule has 112 valence electrons. The Hall–Kier alpha value is -2.03. The first-order valence-corrected chi connectivity index (χ1v) is 7.93. The molecule has 0 saturated carbocycles. The fourth-order valence-electron chi connectivity index (χ4n) is 1.71. The minimum Gasteiger partial charge on any atom is -0.325 e. The Labute approximate surface area is 137 Å². The normalized spacial score (nSPS) is 10.0. The largest absolute Gasteiger partial charge is 0.325 e. The molecule has 0 heterocycles. The smallest absolute Gasteiger partial charge is 0.234 e. The lowest BCUT2D eigenvalue weighted by Crippen LogP contribution is -2.14. The van der Waals surface area contributed by atoms with Gasteiger partial charge in [0, 0.05) is 11.4 Å². The van der Waals surface area contributed by atoms with E-state index in [9.17, 15) is 9.18 Å². The van der Waals surface area contributed by atoms with Gasteiger partial charge >= 0.3 is 0 Å². The molecule has 0 aliphatic rings. The van der Waals surface area contributed by atoms with Gasteiger partial charge in [-0.05, 0) is 35.9 Å². The van der Waals surface area contributed by atoms with Gasteiger partial charge in [0.1, 0.15) is 5.82 Å². The van der Waals surface area contributed by atoms with E-state index in [0.717, 1.165) is 5.56 Å². The minimum atomic E-state index is -0.519. The quantitative estimate of drug-likeness (QED) is 0.890. The van der Waals surface area contributed by atoms with Crippen molar-refractivity contribution >= 4 is 35.0 Å². The molecule has 0 bridgehead atoms. The van der Waals surface area contributed by atoms with Crippen molar-refractivity contribution < 1.29 is 9.18 Å². The van der Waals surface area contributed by atoms with Crippen LogP contribution in [0.2, 0.25) is 5.02 Å². The maximum atomic E-state index is 13.0. The summed E-state index contributed by atoms with van der Waals surface area (Å²) in [5.74, 6) is 0.245. The summed E-state index contributed by atoms with van der Waals surface area (Å²) in [6.07, 6.45) is 0.